The summed E-state index contributed by atoms with van der Waals surface area (Å²) in [6.45, 7) is 3.51. The first-order chi connectivity index (χ1) is 9.13. The van der Waals surface area contributed by atoms with Crippen molar-refractivity contribution in [2.45, 2.75) is 19.8 Å². The Morgan fingerprint density at radius 1 is 1.42 bits per heavy atom. The summed E-state index contributed by atoms with van der Waals surface area (Å²) in [6.07, 6.45) is 1.36. The molecule has 1 aliphatic heterocycles. The van der Waals surface area contributed by atoms with Crippen molar-refractivity contribution < 1.29 is 14.3 Å². The van der Waals surface area contributed by atoms with E-state index in [1.165, 1.54) is 0 Å². The molecule has 0 radical (unpaired) electrons. The van der Waals surface area contributed by atoms with E-state index < -0.39 is 5.41 Å². The Bertz CT molecular complexity index is 464. The van der Waals surface area contributed by atoms with Crippen LogP contribution in [0.4, 0.5) is 0 Å². The number of aryl methyl sites for hydroxylation is 1. The first-order valence-corrected chi connectivity index (χ1v) is 6.60. The Kier molecular flexibility index (Phi) is 4.22. The highest BCUT2D eigenvalue weighted by Crippen LogP contribution is 2.36. The second kappa shape index (κ2) is 5.72. The van der Waals surface area contributed by atoms with Gasteiger partial charge in [0.05, 0.1) is 18.1 Å². The molecule has 1 saturated heterocycles. The number of nitrogens with two attached hydrogens (primary N) is 1. The SMILES string of the molecule is COc1ccc(C)cc1C(=O)C1(CN)CCOCC1. The number of methoxy groups -OCH3 is 1. The molecule has 0 spiro atoms. The van der Waals surface area contributed by atoms with E-state index in [2.05, 4.69) is 0 Å². The quantitative estimate of drug-likeness (QED) is 0.843. The van der Waals surface area contributed by atoms with Crippen molar-refractivity contribution in [2.24, 2.45) is 11.1 Å². The molecule has 0 saturated carbocycles. The summed E-state index contributed by atoms with van der Waals surface area (Å²) < 4.78 is 10.7. The molecule has 1 fully saturated rings. The van der Waals surface area contributed by atoms with Gasteiger partial charge in [-0.15, -0.1) is 0 Å². The summed E-state index contributed by atoms with van der Waals surface area (Å²) in [7, 11) is 1.58. The van der Waals surface area contributed by atoms with Crippen LogP contribution in [0.25, 0.3) is 0 Å². The van der Waals surface area contributed by atoms with Crippen LogP contribution in [-0.4, -0.2) is 32.7 Å². The van der Waals surface area contributed by atoms with E-state index >= 15 is 0 Å². The highest BCUT2D eigenvalue weighted by atomic mass is 16.5. The van der Waals surface area contributed by atoms with Crippen molar-refractivity contribution in [3.8, 4) is 5.75 Å². The van der Waals surface area contributed by atoms with Crippen molar-refractivity contribution in [2.75, 3.05) is 26.9 Å². The number of carbonyl (C=O) groups excluding carboxylic acids is 1. The van der Waals surface area contributed by atoms with Gasteiger partial charge in [-0.3, -0.25) is 4.79 Å². The highest BCUT2D eigenvalue weighted by Gasteiger charge is 2.40. The Hall–Kier alpha value is -1.39. The fourth-order valence-corrected chi connectivity index (χ4v) is 2.57. The molecule has 104 valence electrons. The van der Waals surface area contributed by atoms with E-state index in [0.717, 1.165) is 5.56 Å². The summed E-state index contributed by atoms with van der Waals surface area (Å²) in [6, 6.07) is 5.66. The maximum atomic E-state index is 12.9. The van der Waals surface area contributed by atoms with Crippen LogP contribution in [0.3, 0.4) is 0 Å². The lowest BCUT2D eigenvalue weighted by molar-refractivity contribution is 0.0199. The molecule has 19 heavy (non-hydrogen) atoms. The molecule has 0 aliphatic carbocycles. The zero-order chi connectivity index (χ0) is 13.9. The monoisotopic (exact) mass is 263 g/mol. The molecule has 2 N–H and O–H groups in total. The lowest BCUT2D eigenvalue weighted by Gasteiger charge is -2.35. The molecular weight excluding hydrogens is 242 g/mol. The van der Waals surface area contributed by atoms with E-state index in [1.807, 2.05) is 25.1 Å². The maximum Gasteiger partial charge on any atom is 0.174 e. The molecular formula is C15H21NO3. The molecule has 0 atom stereocenters. The third kappa shape index (κ3) is 2.65. The van der Waals surface area contributed by atoms with Crippen LogP contribution in [0.5, 0.6) is 5.75 Å². The van der Waals surface area contributed by atoms with E-state index in [-0.39, 0.29) is 5.78 Å². The summed E-state index contributed by atoms with van der Waals surface area (Å²) in [5, 5.41) is 0. The summed E-state index contributed by atoms with van der Waals surface area (Å²) >= 11 is 0. The normalized spacial score (nSPS) is 18.1. The van der Waals surface area contributed by atoms with Gasteiger partial charge in [-0.05, 0) is 31.9 Å². The van der Waals surface area contributed by atoms with E-state index in [4.69, 9.17) is 15.2 Å². The van der Waals surface area contributed by atoms with Gasteiger partial charge < -0.3 is 15.2 Å². The van der Waals surface area contributed by atoms with Crippen LogP contribution >= 0.6 is 0 Å². The van der Waals surface area contributed by atoms with Gasteiger partial charge in [0, 0.05) is 19.8 Å². The van der Waals surface area contributed by atoms with Gasteiger partial charge in [-0.25, -0.2) is 0 Å². The van der Waals surface area contributed by atoms with Gasteiger partial charge in [0.25, 0.3) is 0 Å². The number of ketones is 1. The van der Waals surface area contributed by atoms with E-state index in [9.17, 15) is 4.79 Å². The van der Waals surface area contributed by atoms with Crippen molar-refractivity contribution in [1.82, 2.24) is 0 Å². The van der Waals surface area contributed by atoms with Crippen LogP contribution in [0.2, 0.25) is 0 Å². The van der Waals surface area contributed by atoms with Crippen molar-refractivity contribution in [3.05, 3.63) is 29.3 Å². The second-order valence-electron chi connectivity index (χ2n) is 5.13. The van der Waals surface area contributed by atoms with E-state index in [0.29, 0.717) is 43.9 Å². The average molecular weight is 263 g/mol. The van der Waals surface area contributed by atoms with Gasteiger partial charge in [0.1, 0.15) is 5.75 Å². The largest absolute Gasteiger partial charge is 0.496 e. The molecule has 1 aromatic rings. The number of carbonyl (C=O) groups is 1. The fourth-order valence-electron chi connectivity index (χ4n) is 2.57. The molecule has 2 rings (SSSR count). The predicted octanol–water partition coefficient (Wildman–Crippen LogP) is 1.94. The standard InChI is InChI=1S/C15H21NO3/c1-11-3-4-13(18-2)12(9-11)14(17)15(10-16)5-7-19-8-6-15/h3-4,9H,5-8,10,16H2,1-2H3. The fraction of sp³-hybridized carbons (Fsp3) is 0.533. The third-order valence-electron chi connectivity index (χ3n) is 3.92. The van der Waals surface area contributed by atoms with Gasteiger partial charge in [-0.1, -0.05) is 11.6 Å². The zero-order valence-electron chi connectivity index (χ0n) is 11.6. The summed E-state index contributed by atoms with van der Waals surface area (Å²) in [5.41, 5.74) is 7.07. The van der Waals surface area contributed by atoms with Crippen LogP contribution < -0.4 is 10.5 Å². The number of ether oxygens (including phenoxy) is 2. The average Bonchev–Trinajstić information content (AvgIpc) is 2.47. The minimum absolute atomic E-state index is 0.0823. The minimum Gasteiger partial charge on any atom is -0.496 e. The van der Waals surface area contributed by atoms with Gasteiger partial charge in [0.2, 0.25) is 0 Å². The van der Waals surface area contributed by atoms with Crippen LogP contribution in [0.15, 0.2) is 18.2 Å². The lowest BCUT2D eigenvalue weighted by Crippen LogP contribution is -2.43. The van der Waals surface area contributed by atoms with Crippen LogP contribution in [0, 0.1) is 12.3 Å². The molecule has 0 unspecified atom stereocenters. The number of hydrogen-bond donors (Lipinski definition) is 1. The lowest BCUT2D eigenvalue weighted by atomic mass is 9.74. The molecule has 4 heteroatoms. The van der Waals surface area contributed by atoms with Crippen molar-refractivity contribution in [3.63, 3.8) is 0 Å². The first kappa shape index (κ1) is 14.0. The topological polar surface area (TPSA) is 61.5 Å². The highest BCUT2D eigenvalue weighted by molar-refractivity contribution is 6.03. The molecule has 0 amide bonds. The maximum absolute atomic E-state index is 12.9. The summed E-state index contributed by atoms with van der Waals surface area (Å²) in [4.78, 5) is 12.9. The van der Waals surface area contributed by atoms with E-state index in [1.54, 1.807) is 7.11 Å². The second-order valence-corrected chi connectivity index (χ2v) is 5.13. The molecule has 0 aromatic heterocycles. The van der Waals surface area contributed by atoms with Gasteiger partial charge in [-0.2, -0.15) is 0 Å². The Morgan fingerprint density at radius 2 is 2.11 bits per heavy atom. The Balaban J connectivity index is 2.39. The molecule has 4 nitrogen and oxygen atoms in total. The van der Waals surface area contributed by atoms with Gasteiger partial charge >= 0.3 is 0 Å². The third-order valence-corrected chi connectivity index (χ3v) is 3.92. The number of Topliss-reactive ketones (excluding diaryl/α,β-unsaturated/α-hetero) is 1. The zero-order valence-corrected chi connectivity index (χ0v) is 11.6. The van der Waals surface area contributed by atoms with Crippen molar-refractivity contribution in [1.29, 1.82) is 0 Å². The first-order valence-electron chi connectivity index (χ1n) is 6.60. The molecule has 1 aromatic carbocycles. The van der Waals surface area contributed by atoms with Crippen molar-refractivity contribution >= 4 is 5.78 Å². The Morgan fingerprint density at radius 3 is 2.68 bits per heavy atom. The minimum atomic E-state index is -0.501. The van der Waals surface area contributed by atoms with Crippen LogP contribution in [0.1, 0.15) is 28.8 Å². The van der Waals surface area contributed by atoms with Gasteiger partial charge in [0.15, 0.2) is 5.78 Å². The number of hydrogen-bond acceptors (Lipinski definition) is 4. The number of benzene rings is 1. The Labute approximate surface area is 113 Å². The number of rotatable bonds is 4. The molecule has 1 heterocycles. The molecule has 0 bridgehead atoms. The predicted molar refractivity (Wildman–Crippen MR) is 73.6 cm³/mol. The smallest absolute Gasteiger partial charge is 0.174 e. The van der Waals surface area contributed by atoms with Crippen LogP contribution in [-0.2, 0) is 4.74 Å². The summed E-state index contributed by atoms with van der Waals surface area (Å²) in [5.74, 6) is 0.703. The molecule has 1 aliphatic rings.